The highest BCUT2D eigenvalue weighted by atomic mass is 16.5. The largest absolute Gasteiger partial charge is 0.464 e. The fourth-order valence-corrected chi connectivity index (χ4v) is 3.37. The van der Waals surface area contributed by atoms with Crippen LogP contribution in [0.4, 0.5) is 0 Å². The van der Waals surface area contributed by atoms with E-state index in [1.807, 2.05) is 0 Å². The molecule has 0 aliphatic carbocycles. The number of piperidine rings is 1. The molecule has 2 aliphatic heterocycles. The molecular formula is C15H26N2O3. The highest BCUT2D eigenvalue weighted by Gasteiger charge is 2.36. The van der Waals surface area contributed by atoms with Crippen LogP contribution in [0.15, 0.2) is 0 Å². The molecule has 2 saturated heterocycles. The minimum Gasteiger partial charge on any atom is -0.464 e. The molecule has 20 heavy (non-hydrogen) atoms. The highest BCUT2D eigenvalue weighted by molar-refractivity contribution is 5.87. The second kappa shape index (κ2) is 6.12. The number of ether oxygens (including phenoxy) is 1. The Morgan fingerprint density at radius 3 is 2.40 bits per heavy atom. The lowest BCUT2D eigenvalue weighted by molar-refractivity contribution is -0.151. The van der Waals surface area contributed by atoms with Crippen LogP contribution in [-0.4, -0.2) is 36.1 Å². The Bertz CT molecular complexity index is 369. The van der Waals surface area contributed by atoms with Crippen molar-refractivity contribution in [2.45, 2.75) is 70.5 Å². The summed E-state index contributed by atoms with van der Waals surface area (Å²) in [6, 6.07) is 1.18. The van der Waals surface area contributed by atoms with Crippen LogP contribution in [-0.2, 0) is 14.3 Å². The summed E-state index contributed by atoms with van der Waals surface area (Å²) in [4.78, 5) is 23.9. The quantitative estimate of drug-likeness (QED) is 0.747. The lowest BCUT2D eigenvalue weighted by Crippen LogP contribution is -2.51. The van der Waals surface area contributed by atoms with E-state index in [0.717, 1.165) is 12.8 Å². The zero-order valence-electron chi connectivity index (χ0n) is 12.7. The molecule has 0 spiro atoms. The van der Waals surface area contributed by atoms with Crippen LogP contribution in [0.3, 0.4) is 0 Å². The van der Waals surface area contributed by atoms with Gasteiger partial charge in [0.15, 0.2) is 0 Å². The van der Waals surface area contributed by atoms with Gasteiger partial charge >= 0.3 is 5.97 Å². The number of fused-ring (bicyclic) bond motifs is 2. The summed E-state index contributed by atoms with van der Waals surface area (Å²) >= 11 is 0. The summed E-state index contributed by atoms with van der Waals surface area (Å²) in [5.74, 6) is 0.0137. The predicted octanol–water partition coefficient (Wildman–Crippen LogP) is 1.36. The molecule has 0 aromatic heterocycles. The molecule has 2 fully saturated rings. The standard InChI is InChI=1S/C15H26N2O3/c1-4-20-14(19)15(2,3)17-13(18)9-10-7-11-5-6-12(8-10)16-11/h10-12,16H,4-9H2,1-3H3,(H,17,18). The minimum absolute atomic E-state index is 0.0469. The first-order chi connectivity index (χ1) is 9.40. The molecule has 0 radical (unpaired) electrons. The van der Waals surface area contributed by atoms with Crippen molar-refractivity contribution in [3.05, 3.63) is 0 Å². The van der Waals surface area contributed by atoms with Gasteiger partial charge < -0.3 is 15.4 Å². The second-order valence-corrected chi connectivity index (χ2v) is 6.57. The van der Waals surface area contributed by atoms with Crippen molar-refractivity contribution >= 4 is 11.9 Å². The van der Waals surface area contributed by atoms with Gasteiger partial charge in [0, 0.05) is 18.5 Å². The van der Waals surface area contributed by atoms with E-state index in [1.165, 1.54) is 12.8 Å². The van der Waals surface area contributed by atoms with Crippen LogP contribution < -0.4 is 10.6 Å². The first-order valence-electron chi connectivity index (χ1n) is 7.65. The summed E-state index contributed by atoms with van der Waals surface area (Å²) in [6.45, 7) is 5.47. The van der Waals surface area contributed by atoms with E-state index in [9.17, 15) is 9.59 Å². The number of esters is 1. The minimum atomic E-state index is -0.945. The van der Waals surface area contributed by atoms with E-state index >= 15 is 0 Å². The highest BCUT2D eigenvalue weighted by Crippen LogP contribution is 2.32. The number of carbonyl (C=O) groups excluding carboxylic acids is 2. The molecule has 1 amide bonds. The van der Waals surface area contributed by atoms with E-state index in [4.69, 9.17) is 4.74 Å². The zero-order valence-corrected chi connectivity index (χ0v) is 12.7. The van der Waals surface area contributed by atoms with Gasteiger partial charge in [-0.05, 0) is 52.4 Å². The van der Waals surface area contributed by atoms with Gasteiger partial charge in [-0.15, -0.1) is 0 Å². The van der Waals surface area contributed by atoms with Gasteiger partial charge in [-0.2, -0.15) is 0 Å². The average molecular weight is 282 g/mol. The molecule has 5 nitrogen and oxygen atoms in total. The molecule has 0 saturated carbocycles. The van der Waals surface area contributed by atoms with E-state index in [1.54, 1.807) is 20.8 Å². The van der Waals surface area contributed by atoms with Crippen molar-refractivity contribution in [1.82, 2.24) is 10.6 Å². The third-order valence-electron chi connectivity index (χ3n) is 4.28. The maximum Gasteiger partial charge on any atom is 0.331 e. The maximum absolute atomic E-state index is 12.1. The molecule has 0 aromatic carbocycles. The fraction of sp³-hybridized carbons (Fsp3) is 0.867. The van der Waals surface area contributed by atoms with Crippen molar-refractivity contribution in [3.63, 3.8) is 0 Å². The Morgan fingerprint density at radius 1 is 1.25 bits per heavy atom. The van der Waals surface area contributed by atoms with Gasteiger partial charge in [0.1, 0.15) is 5.54 Å². The monoisotopic (exact) mass is 282 g/mol. The number of rotatable bonds is 5. The van der Waals surface area contributed by atoms with Gasteiger partial charge in [0.25, 0.3) is 0 Å². The van der Waals surface area contributed by atoms with Crippen LogP contribution in [0.25, 0.3) is 0 Å². The Kier molecular flexibility index (Phi) is 4.68. The fourth-order valence-electron chi connectivity index (χ4n) is 3.37. The molecule has 114 valence electrons. The lowest BCUT2D eigenvalue weighted by Gasteiger charge is -2.30. The van der Waals surface area contributed by atoms with Crippen LogP contribution >= 0.6 is 0 Å². The zero-order chi connectivity index (χ0) is 14.8. The smallest absolute Gasteiger partial charge is 0.331 e. The molecule has 2 N–H and O–H groups in total. The second-order valence-electron chi connectivity index (χ2n) is 6.57. The van der Waals surface area contributed by atoms with Crippen molar-refractivity contribution in [2.75, 3.05) is 6.61 Å². The first-order valence-corrected chi connectivity index (χ1v) is 7.65. The van der Waals surface area contributed by atoms with Crippen LogP contribution in [0.5, 0.6) is 0 Å². The molecule has 5 heteroatoms. The molecule has 2 aliphatic rings. The van der Waals surface area contributed by atoms with Crippen LogP contribution in [0, 0.1) is 5.92 Å². The van der Waals surface area contributed by atoms with E-state index in [-0.39, 0.29) is 11.9 Å². The summed E-state index contributed by atoms with van der Waals surface area (Å²) < 4.78 is 4.98. The van der Waals surface area contributed by atoms with Crippen LogP contribution in [0.1, 0.15) is 52.9 Å². The van der Waals surface area contributed by atoms with E-state index < -0.39 is 5.54 Å². The molecule has 2 heterocycles. The molecular weight excluding hydrogens is 256 g/mol. The van der Waals surface area contributed by atoms with Gasteiger partial charge in [-0.1, -0.05) is 0 Å². The topological polar surface area (TPSA) is 67.4 Å². The molecule has 2 rings (SSSR count). The molecule has 2 bridgehead atoms. The number of nitrogens with one attached hydrogen (secondary N) is 2. The van der Waals surface area contributed by atoms with Crippen molar-refractivity contribution in [1.29, 1.82) is 0 Å². The number of amides is 1. The lowest BCUT2D eigenvalue weighted by atomic mass is 9.89. The molecule has 2 atom stereocenters. The van der Waals surface area contributed by atoms with Gasteiger partial charge in [0.05, 0.1) is 6.61 Å². The maximum atomic E-state index is 12.1. The normalized spacial score (nSPS) is 29.1. The predicted molar refractivity (Wildman–Crippen MR) is 76.1 cm³/mol. The SMILES string of the molecule is CCOC(=O)C(C)(C)NC(=O)CC1CC2CCC(C1)N2. The van der Waals surface area contributed by atoms with Crippen molar-refractivity contribution in [2.24, 2.45) is 5.92 Å². The third kappa shape index (κ3) is 3.72. The number of hydrogen-bond acceptors (Lipinski definition) is 4. The number of carbonyl (C=O) groups is 2. The Labute approximate surface area is 120 Å². The summed E-state index contributed by atoms with van der Waals surface area (Å²) in [7, 11) is 0. The van der Waals surface area contributed by atoms with Crippen molar-refractivity contribution in [3.8, 4) is 0 Å². The molecule has 2 unspecified atom stereocenters. The summed E-state index contributed by atoms with van der Waals surface area (Å²) in [5.41, 5.74) is -0.945. The average Bonchev–Trinajstić information content (AvgIpc) is 2.68. The van der Waals surface area contributed by atoms with Gasteiger partial charge in [0.2, 0.25) is 5.91 Å². The van der Waals surface area contributed by atoms with Gasteiger partial charge in [-0.25, -0.2) is 4.79 Å². The number of hydrogen-bond donors (Lipinski definition) is 2. The van der Waals surface area contributed by atoms with E-state index in [2.05, 4.69) is 10.6 Å². The summed E-state index contributed by atoms with van der Waals surface area (Å²) in [5, 5.41) is 6.38. The van der Waals surface area contributed by atoms with Gasteiger partial charge in [-0.3, -0.25) is 4.79 Å². The Hall–Kier alpha value is -1.10. The van der Waals surface area contributed by atoms with Crippen molar-refractivity contribution < 1.29 is 14.3 Å². The Morgan fingerprint density at radius 2 is 1.85 bits per heavy atom. The third-order valence-corrected chi connectivity index (χ3v) is 4.28. The Balaban J connectivity index is 1.81. The first kappa shape index (κ1) is 15.3. The van der Waals surface area contributed by atoms with E-state index in [0.29, 0.717) is 31.0 Å². The molecule has 0 aromatic rings. The van der Waals surface area contributed by atoms with Crippen LogP contribution in [0.2, 0.25) is 0 Å². The summed E-state index contributed by atoms with van der Waals surface area (Å²) in [6.07, 6.45) is 5.12.